The summed E-state index contributed by atoms with van der Waals surface area (Å²) in [4.78, 5) is 31.7. The maximum absolute atomic E-state index is 13.7. The van der Waals surface area contributed by atoms with Crippen LogP contribution in [0.1, 0.15) is 30.0 Å². The number of rotatable bonds is 9. The van der Waals surface area contributed by atoms with Gasteiger partial charge in [0.25, 0.3) is 5.56 Å². The van der Waals surface area contributed by atoms with Crippen molar-refractivity contribution in [3.63, 3.8) is 0 Å². The molecule has 2 heterocycles. The highest BCUT2D eigenvalue weighted by Gasteiger charge is 2.24. The number of benzene rings is 3. The van der Waals surface area contributed by atoms with Crippen molar-refractivity contribution in [3.8, 4) is 17.2 Å². The minimum absolute atomic E-state index is 0.103. The van der Waals surface area contributed by atoms with Crippen LogP contribution in [0, 0.1) is 6.92 Å². The van der Waals surface area contributed by atoms with Crippen LogP contribution >= 0.6 is 11.8 Å². The molecule has 1 atom stereocenters. The average Bonchev–Trinajstić information content (AvgIpc) is 3.40. The highest BCUT2D eigenvalue weighted by molar-refractivity contribution is 8.00. The third-order valence-corrected chi connectivity index (χ3v) is 7.77. The Bertz CT molecular complexity index is 1520. The summed E-state index contributed by atoms with van der Waals surface area (Å²) in [5, 5.41) is 3.50. The van der Waals surface area contributed by atoms with Crippen LogP contribution in [0.3, 0.4) is 0 Å². The third kappa shape index (κ3) is 5.47. The summed E-state index contributed by atoms with van der Waals surface area (Å²) in [6.45, 7) is 4.81. The zero-order valence-electron chi connectivity index (χ0n) is 21.5. The van der Waals surface area contributed by atoms with Gasteiger partial charge in [-0.15, -0.1) is 0 Å². The van der Waals surface area contributed by atoms with E-state index in [4.69, 9.17) is 19.2 Å². The van der Waals surface area contributed by atoms with Crippen LogP contribution < -0.4 is 25.1 Å². The van der Waals surface area contributed by atoms with Crippen LogP contribution in [0.5, 0.6) is 17.2 Å². The first-order valence-corrected chi connectivity index (χ1v) is 13.3. The predicted octanol–water partition coefficient (Wildman–Crippen LogP) is 4.68. The van der Waals surface area contributed by atoms with Crippen LogP contribution in [0.15, 0.2) is 70.6 Å². The van der Waals surface area contributed by atoms with Gasteiger partial charge >= 0.3 is 0 Å². The van der Waals surface area contributed by atoms with E-state index in [0.29, 0.717) is 47.1 Å². The number of carbonyl (C=O) groups is 1. The molecule has 0 radical (unpaired) electrons. The first kappa shape index (κ1) is 25.7. The molecule has 0 fully saturated rings. The van der Waals surface area contributed by atoms with Crippen molar-refractivity contribution in [1.29, 1.82) is 0 Å². The third-order valence-electron chi connectivity index (χ3n) is 6.41. The summed E-state index contributed by atoms with van der Waals surface area (Å²) in [5.74, 6) is 1.70. The number of nitrogens with one attached hydrogen (secondary N) is 1. The molecule has 196 valence electrons. The number of aromatic nitrogens is 2. The van der Waals surface area contributed by atoms with Crippen molar-refractivity contribution in [2.24, 2.45) is 0 Å². The Morgan fingerprint density at radius 2 is 1.76 bits per heavy atom. The van der Waals surface area contributed by atoms with Crippen molar-refractivity contribution < 1.29 is 19.0 Å². The fraction of sp³-hybridized carbons (Fsp3) is 0.276. The molecule has 4 aromatic rings. The predicted molar refractivity (Wildman–Crippen MR) is 147 cm³/mol. The molecule has 1 aliphatic rings. The molecule has 0 unspecified atom stereocenters. The number of methoxy groups -OCH3 is 1. The van der Waals surface area contributed by atoms with Crippen molar-refractivity contribution in [2.45, 2.75) is 43.8 Å². The molecule has 0 bridgehead atoms. The van der Waals surface area contributed by atoms with Gasteiger partial charge in [0.05, 0.1) is 29.8 Å². The number of thioether (sulfide) groups is 1. The number of fused-ring (bicyclic) bond motifs is 2. The van der Waals surface area contributed by atoms with Crippen molar-refractivity contribution in [1.82, 2.24) is 14.9 Å². The molecule has 0 spiro atoms. The summed E-state index contributed by atoms with van der Waals surface area (Å²) in [7, 11) is 1.61. The highest BCUT2D eigenvalue weighted by atomic mass is 32.2. The lowest BCUT2D eigenvalue weighted by atomic mass is 10.1. The summed E-state index contributed by atoms with van der Waals surface area (Å²) in [5.41, 5.74) is 3.40. The van der Waals surface area contributed by atoms with Crippen LogP contribution in [-0.4, -0.2) is 34.6 Å². The summed E-state index contributed by atoms with van der Waals surface area (Å²) >= 11 is 1.29. The van der Waals surface area contributed by atoms with E-state index in [1.165, 1.54) is 17.3 Å². The second kappa shape index (κ2) is 11.2. The SMILES string of the molecule is CC[C@@H](Sc1nc2cc3c(cc2c(=O)n1Cc1ccc(OC)cc1)OCO3)C(=O)NCc1ccc(C)cc1. The lowest BCUT2D eigenvalue weighted by molar-refractivity contribution is -0.120. The minimum Gasteiger partial charge on any atom is -0.497 e. The Kier molecular flexibility index (Phi) is 7.55. The van der Waals surface area contributed by atoms with Gasteiger partial charge in [0.2, 0.25) is 12.7 Å². The van der Waals surface area contributed by atoms with Crippen LogP contribution in [0.2, 0.25) is 0 Å². The van der Waals surface area contributed by atoms with E-state index in [9.17, 15) is 9.59 Å². The monoisotopic (exact) mass is 531 g/mol. The van der Waals surface area contributed by atoms with E-state index in [2.05, 4.69) is 5.32 Å². The first-order valence-electron chi connectivity index (χ1n) is 12.4. The second-order valence-corrected chi connectivity index (χ2v) is 10.2. The van der Waals surface area contributed by atoms with Gasteiger partial charge in [-0.1, -0.05) is 60.6 Å². The van der Waals surface area contributed by atoms with E-state index in [1.807, 2.05) is 62.4 Å². The van der Waals surface area contributed by atoms with Crippen LogP contribution in [0.4, 0.5) is 0 Å². The smallest absolute Gasteiger partial charge is 0.262 e. The average molecular weight is 532 g/mol. The van der Waals surface area contributed by atoms with Crippen LogP contribution in [-0.2, 0) is 17.9 Å². The molecular weight excluding hydrogens is 502 g/mol. The fourth-order valence-electron chi connectivity index (χ4n) is 4.19. The number of amides is 1. The molecule has 9 heteroatoms. The van der Waals surface area contributed by atoms with Gasteiger partial charge in [0, 0.05) is 12.6 Å². The number of hydrogen-bond acceptors (Lipinski definition) is 7. The zero-order chi connectivity index (χ0) is 26.6. The summed E-state index contributed by atoms with van der Waals surface area (Å²) in [6.07, 6.45) is 0.571. The van der Waals surface area contributed by atoms with Gasteiger partial charge in [-0.2, -0.15) is 0 Å². The van der Waals surface area contributed by atoms with Crippen molar-refractivity contribution in [3.05, 3.63) is 87.7 Å². The Morgan fingerprint density at radius 1 is 1.08 bits per heavy atom. The molecule has 1 aromatic heterocycles. The number of hydrogen-bond donors (Lipinski definition) is 1. The lowest BCUT2D eigenvalue weighted by Gasteiger charge is -2.18. The highest BCUT2D eigenvalue weighted by Crippen LogP contribution is 2.35. The van der Waals surface area contributed by atoms with Gasteiger partial charge in [-0.25, -0.2) is 4.98 Å². The molecule has 1 N–H and O–H groups in total. The number of aryl methyl sites for hydroxylation is 1. The summed E-state index contributed by atoms with van der Waals surface area (Å²) < 4.78 is 17.9. The van der Waals surface area contributed by atoms with E-state index in [-0.39, 0.29) is 18.3 Å². The molecule has 8 nitrogen and oxygen atoms in total. The first-order chi connectivity index (χ1) is 18.4. The molecule has 0 saturated heterocycles. The van der Waals surface area contributed by atoms with E-state index < -0.39 is 5.25 Å². The molecule has 3 aromatic carbocycles. The van der Waals surface area contributed by atoms with Gasteiger partial charge in [0.15, 0.2) is 16.7 Å². The van der Waals surface area contributed by atoms with Crippen molar-refractivity contribution >= 4 is 28.6 Å². The Labute approximate surface area is 224 Å². The topological polar surface area (TPSA) is 91.7 Å². The van der Waals surface area contributed by atoms with Crippen LogP contribution in [0.25, 0.3) is 10.9 Å². The van der Waals surface area contributed by atoms with Gasteiger partial charge in [0.1, 0.15) is 5.75 Å². The Hall–Kier alpha value is -3.98. The maximum Gasteiger partial charge on any atom is 0.262 e. The molecule has 0 aliphatic carbocycles. The number of nitrogens with zero attached hydrogens (tertiary/aromatic N) is 2. The zero-order valence-corrected chi connectivity index (χ0v) is 22.3. The largest absolute Gasteiger partial charge is 0.497 e. The molecular formula is C29H29N3O5S. The van der Waals surface area contributed by atoms with E-state index in [1.54, 1.807) is 23.8 Å². The van der Waals surface area contributed by atoms with E-state index in [0.717, 1.165) is 16.9 Å². The molecule has 1 aliphatic heterocycles. The Morgan fingerprint density at radius 3 is 2.45 bits per heavy atom. The Balaban J connectivity index is 1.47. The molecule has 5 rings (SSSR count). The molecule has 38 heavy (non-hydrogen) atoms. The molecule has 0 saturated carbocycles. The molecule has 1 amide bonds. The lowest BCUT2D eigenvalue weighted by Crippen LogP contribution is -2.33. The second-order valence-electron chi connectivity index (χ2n) is 9.07. The van der Waals surface area contributed by atoms with Gasteiger partial charge in [-0.3, -0.25) is 14.2 Å². The standard InChI is InChI=1S/C29H29N3O5S/c1-4-26(27(33)30-15-19-7-5-18(2)6-8-19)38-29-31-23-14-25-24(36-17-37-25)13-22(23)28(34)32(29)16-20-9-11-21(35-3)12-10-20/h5-14,26H,4,15-17H2,1-3H3,(H,30,33)/t26-/m1/s1. The normalized spacial score (nSPS) is 12.9. The van der Waals surface area contributed by atoms with Crippen molar-refractivity contribution in [2.75, 3.05) is 13.9 Å². The number of ether oxygens (including phenoxy) is 3. The quantitative estimate of drug-likeness (QED) is 0.248. The number of carbonyl (C=O) groups excluding carboxylic acids is 1. The van der Waals surface area contributed by atoms with Gasteiger partial charge in [-0.05, 0) is 42.7 Å². The van der Waals surface area contributed by atoms with Gasteiger partial charge < -0.3 is 19.5 Å². The van der Waals surface area contributed by atoms with E-state index >= 15 is 0 Å². The minimum atomic E-state index is -0.430. The summed E-state index contributed by atoms with van der Waals surface area (Å²) in [6, 6.07) is 19.0. The fourth-order valence-corrected chi connectivity index (χ4v) is 5.23. The maximum atomic E-state index is 13.7.